The maximum atomic E-state index is 11.8. The fourth-order valence-corrected chi connectivity index (χ4v) is 2.29. The van der Waals surface area contributed by atoms with Crippen molar-refractivity contribution in [1.29, 1.82) is 0 Å². The van der Waals surface area contributed by atoms with Crippen molar-refractivity contribution < 1.29 is 4.79 Å². The highest BCUT2D eigenvalue weighted by Gasteiger charge is 2.19. The molecule has 0 spiro atoms. The first-order chi connectivity index (χ1) is 8.15. The van der Waals surface area contributed by atoms with Gasteiger partial charge < -0.3 is 10.2 Å². The lowest BCUT2D eigenvalue weighted by atomic mass is 10.1. The number of hydrogen-bond donors (Lipinski definition) is 2. The Kier molecular flexibility index (Phi) is 4.07. The normalized spacial score (nSPS) is 20.5. The first-order valence-electron chi connectivity index (χ1n) is 5.91. The summed E-state index contributed by atoms with van der Waals surface area (Å²) in [5.74, 6) is 0.598. The van der Waals surface area contributed by atoms with Crippen molar-refractivity contribution in [2.75, 3.05) is 26.7 Å². The number of hydrogen-bond acceptors (Lipinski definition) is 3. The summed E-state index contributed by atoms with van der Waals surface area (Å²) < 4.78 is 0. The molecular weight excluding hydrogens is 232 g/mol. The molecule has 1 atom stereocenters. The predicted octanol–water partition coefficient (Wildman–Crippen LogP) is 1.66. The second-order valence-electron chi connectivity index (χ2n) is 4.67. The molecule has 2 rings (SSSR count). The van der Waals surface area contributed by atoms with Gasteiger partial charge in [-0.3, -0.25) is 4.79 Å². The fraction of sp³-hybridized carbons (Fsp3) is 0.462. The largest absolute Gasteiger partial charge is 0.352 e. The monoisotopic (exact) mass is 250 g/mol. The zero-order valence-corrected chi connectivity index (χ0v) is 10.9. The highest BCUT2D eigenvalue weighted by Crippen LogP contribution is 2.13. The fourth-order valence-electron chi connectivity index (χ4n) is 2.14. The smallest absolute Gasteiger partial charge is 0.251 e. The first kappa shape index (κ1) is 12.5. The Balaban J connectivity index is 1.83. The van der Waals surface area contributed by atoms with Gasteiger partial charge in [0.05, 0.1) is 0 Å². The molecule has 0 aromatic heterocycles. The molecule has 0 saturated carbocycles. The van der Waals surface area contributed by atoms with Crippen LogP contribution in [0.4, 0.5) is 0 Å². The second kappa shape index (κ2) is 5.56. The summed E-state index contributed by atoms with van der Waals surface area (Å²) in [6.07, 6.45) is 1.17. The van der Waals surface area contributed by atoms with Gasteiger partial charge in [-0.25, -0.2) is 0 Å². The highest BCUT2D eigenvalue weighted by molar-refractivity contribution is 7.80. The van der Waals surface area contributed by atoms with Gasteiger partial charge in [0.15, 0.2) is 0 Å². The van der Waals surface area contributed by atoms with Crippen LogP contribution in [0.25, 0.3) is 0 Å². The molecule has 1 unspecified atom stereocenters. The molecule has 1 fully saturated rings. The summed E-state index contributed by atoms with van der Waals surface area (Å²) in [5.41, 5.74) is 0.703. The lowest BCUT2D eigenvalue weighted by Gasteiger charge is -2.11. The maximum Gasteiger partial charge on any atom is 0.251 e. The van der Waals surface area contributed by atoms with Gasteiger partial charge in [0.25, 0.3) is 5.91 Å². The van der Waals surface area contributed by atoms with E-state index in [1.54, 1.807) is 12.1 Å². The number of carbonyl (C=O) groups is 1. The molecule has 0 radical (unpaired) electrons. The number of amides is 1. The summed E-state index contributed by atoms with van der Waals surface area (Å²) in [6, 6.07) is 7.28. The Bertz CT molecular complexity index is 391. The van der Waals surface area contributed by atoms with Gasteiger partial charge in [0.1, 0.15) is 0 Å². The van der Waals surface area contributed by atoms with E-state index >= 15 is 0 Å². The van der Waals surface area contributed by atoms with E-state index in [2.05, 4.69) is 29.9 Å². The van der Waals surface area contributed by atoms with Crippen LogP contribution in [0, 0.1) is 5.92 Å². The summed E-state index contributed by atoms with van der Waals surface area (Å²) in [4.78, 5) is 15.0. The molecule has 1 aromatic carbocycles. The predicted molar refractivity (Wildman–Crippen MR) is 71.6 cm³/mol. The number of benzene rings is 1. The topological polar surface area (TPSA) is 32.3 Å². The molecule has 0 aliphatic carbocycles. The van der Waals surface area contributed by atoms with E-state index in [0.29, 0.717) is 11.5 Å². The minimum absolute atomic E-state index is 0.00730. The minimum Gasteiger partial charge on any atom is -0.352 e. The molecular formula is C13H18N2OS. The van der Waals surface area contributed by atoms with Crippen LogP contribution in [0.1, 0.15) is 16.8 Å². The van der Waals surface area contributed by atoms with E-state index in [1.807, 2.05) is 12.1 Å². The lowest BCUT2D eigenvalue weighted by molar-refractivity contribution is 0.0947. The standard InChI is InChI=1S/C13H18N2OS/c1-15-7-6-10(9-15)8-14-13(16)11-2-4-12(17)5-3-11/h2-5,10,17H,6-9H2,1H3,(H,14,16). The van der Waals surface area contributed by atoms with Crippen molar-refractivity contribution in [3.63, 3.8) is 0 Å². The zero-order valence-electron chi connectivity index (χ0n) is 10.0. The van der Waals surface area contributed by atoms with Crippen LogP contribution < -0.4 is 5.32 Å². The number of thiol groups is 1. The molecule has 4 heteroatoms. The van der Waals surface area contributed by atoms with Gasteiger partial charge in [-0.05, 0) is 50.2 Å². The highest BCUT2D eigenvalue weighted by atomic mass is 32.1. The number of rotatable bonds is 3. The van der Waals surface area contributed by atoms with Crippen molar-refractivity contribution >= 4 is 18.5 Å². The molecule has 17 heavy (non-hydrogen) atoms. The van der Waals surface area contributed by atoms with E-state index in [9.17, 15) is 4.79 Å². The molecule has 1 saturated heterocycles. The average Bonchev–Trinajstić information content (AvgIpc) is 2.73. The van der Waals surface area contributed by atoms with Crippen molar-refractivity contribution in [3.8, 4) is 0 Å². The van der Waals surface area contributed by atoms with Gasteiger partial charge >= 0.3 is 0 Å². The summed E-state index contributed by atoms with van der Waals surface area (Å²) in [6.45, 7) is 2.98. The molecule has 0 bridgehead atoms. The Hall–Kier alpha value is -1.00. The van der Waals surface area contributed by atoms with Crippen molar-refractivity contribution in [1.82, 2.24) is 10.2 Å². The van der Waals surface area contributed by atoms with E-state index in [1.165, 1.54) is 6.42 Å². The van der Waals surface area contributed by atoms with Gasteiger partial charge in [-0.2, -0.15) is 0 Å². The van der Waals surface area contributed by atoms with E-state index < -0.39 is 0 Å². The van der Waals surface area contributed by atoms with Gasteiger partial charge in [0.2, 0.25) is 0 Å². The van der Waals surface area contributed by atoms with Gasteiger partial charge in [0, 0.05) is 23.5 Å². The van der Waals surface area contributed by atoms with Crippen LogP contribution in [0.5, 0.6) is 0 Å². The van der Waals surface area contributed by atoms with Crippen molar-refractivity contribution in [3.05, 3.63) is 29.8 Å². The number of likely N-dealkylation sites (tertiary alicyclic amines) is 1. The minimum atomic E-state index is 0.00730. The van der Waals surface area contributed by atoms with Crippen LogP contribution >= 0.6 is 12.6 Å². The number of nitrogens with one attached hydrogen (secondary N) is 1. The molecule has 1 aliphatic rings. The quantitative estimate of drug-likeness (QED) is 0.800. The third-order valence-corrected chi connectivity index (χ3v) is 3.47. The molecule has 1 amide bonds. The van der Waals surface area contributed by atoms with Crippen LogP contribution in [-0.2, 0) is 0 Å². The van der Waals surface area contributed by atoms with Crippen molar-refractivity contribution in [2.24, 2.45) is 5.92 Å². The third-order valence-electron chi connectivity index (χ3n) is 3.17. The Morgan fingerprint density at radius 1 is 1.47 bits per heavy atom. The first-order valence-corrected chi connectivity index (χ1v) is 6.35. The van der Waals surface area contributed by atoms with E-state index in [-0.39, 0.29) is 5.91 Å². The maximum absolute atomic E-state index is 11.8. The average molecular weight is 250 g/mol. The zero-order chi connectivity index (χ0) is 12.3. The van der Waals surface area contributed by atoms with Gasteiger partial charge in [-0.1, -0.05) is 0 Å². The van der Waals surface area contributed by atoms with Crippen LogP contribution in [-0.4, -0.2) is 37.5 Å². The molecule has 92 valence electrons. The Labute approximate surface area is 108 Å². The van der Waals surface area contributed by atoms with Crippen LogP contribution in [0.2, 0.25) is 0 Å². The van der Waals surface area contributed by atoms with Gasteiger partial charge in [-0.15, -0.1) is 12.6 Å². The number of carbonyl (C=O) groups excluding carboxylic acids is 1. The van der Waals surface area contributed by atoms with Crippen LogP contribution in [0.3, 0.4) is 0 Å². The molecule has 1 aliphatic heterocycles. The second-order valence-corrected chi connectivity index (χ2v) is 5.19. The third kappa shape index (κ3) is 3.48. The summed E-state index contributed by atoms with van der Waals surface area (Å²) in [5, 5.41) is 2.99. The summed E-state index contributed by atoms with van der Waals surface area (Å²) in [7, 11) is 2.12. The number of nitrogens with zero attached hydrogens (tertiary/aromatic N) is 1. The molecule has 1 heterocycles. The Morgan fingerprint density at radius 3 is 2.76 bits per heavy atom. The Morgan fingerprint density at radius 2 is 2.18 bits per heavy atom. The van der Waals surface area contributed by atoms with E-state index in [4.69, 9.17) is 0 Å². The van der Waals surface area contributed by atoms with Crippen molar-refractivity contribution in [2.45, 2.75) is 11.3 Å². The van der Waals surface area contributed by atoms with Crippen LogP contribution in [0.15, 0.2) is 29.2 Å². The summed E-state index contributed by atoms with van der Waals surface area (Å²) >= 11 is 4.20. The SMILES string of the molecule is CN1CCC(CNC(=O)c2ccc(S)cc2)C1. The molecule has 3 nitrogen and oxygen atoms in total. The molecule has 1 N–H and O–H groups in total. The van der Waals surface area contributed by atoms with E-state index in [0.717, 1.165) is 24.5 Å². The lowest BCUT2D eigenvalue weighted by Crippen LogP contribution is -2.30. The molecule has 1 aromatic rings.